The zero-order chi connectivity index (χ0) is 17.4. The van der Waals surface area contributed by atoms with Crippen molar-refractivity contribution in [3.8, 4) is 0 Å². The highest BCUT2D eigenvalue weighted by Gasteiger charge is 2.17. The third-order valence-corrected chi connectivity index (χ3v) is 3.55. The molecule has 0 saturated heterocycles. The second kappa shape index (κ2) is 5.88. The molecule has 0 aliphatic rings. The molecule has 2 aromatic heterocycles. The van der Waals surface area contributed by atoms with E-state index in [-0.39, 0.29) is 11.4 Å². The largest absolute Gasteiger partial charge is 0.423 e. The van der Waals surface area contributed by atoms with E-state index in [1.54, 1.807) is 19.1 Å². The van der Waals surface area contributed by atoms with E-state index < -0.39 is 18.1 Å². The van der Waals surface area contributed by atoms with Gasteiger partial charge in [-0.15, -0.1) is 0 Å². The Morgan fingerprint density at radius 3 is 2.67 bits per heavy atom. The molecular formula is C16H13F2N3O3. The van der Waals surface area contributed by atoms with Gasteiger partial charge in [-0.25, -0.2) is 9.48 Å². The van der Waals surface area contributed by atoms with Crippen LogP contribution in [0.15, 0.2) is 39.5 Å². The fourth-order valence-corrected chi connectivity index (χ4v) is 2.39. The van der Waals surface area contributed by atoms with Crippen LogP contribution >= 0.6 is 0 Å². The molecule has 2 heterocycles. The third-order valence-electron chi connectivity index (χ3n) is 3.55. The van der Waals surface area contributed by atoms with Crippen molar-refractivity contribution in [2.45, 2.75) is 20.4 Å². The molecule has 1 aromatic carbocycles. The predicted octanol–water partition coefficient (Wildman–Crippen LogP) is 3.25. The molecule has 3 rings (SSSR count). The van der Waals surface area contributed by atoms with Gasteiger partial charge in [-0.2, -0.15) is 13.9 Å². The van der Waals surface area contributed by atoms with Gasteiger partial charge >= 0.3 is 12.2 Å². The summed E-state index contributed by atoms with van der Waals surface area (Å²) in [6.07, 6.45) is 0. The van der Waals surface area contributed by atoms with Gasteiger partial charge in [-0.3, -0.25) is 4.79 Å². The van der Waals surface area contributed by atoms with Crippen LogP contribution < -0.4 is 10.9 Å². The standard InChI is InChI=1S/C16H13F2N3O3/c1-8-5-14(22)24-13-7-10(3-4-11(8)13)19-15(23)12-6-9(2)21(20-12)16(17)18/h3-7,16H,1-2H3,(H,19,23). The minimum Gasteiger partial charge on any atom is -0.423 e. The Bertz CT molecular complexity index is 992. The summed E-state index contributed by atoms with van der Waals surface area (Å²) in [7, 11) is 0. The number of carbonyl (C=O) groups excluding carboxylic acids is 1. The van der Waals surface area contributed by atoms with Crippen molar-refractivity contribution in [2.75, 3.05) is 5.32 Å². The number of amides is 1. The summed E-state index contributed by atoms with van der Waals surface area (Å²) in [5.41, 5.74) is 1.01. The number of benzene rings is 1. The van der Waals surface area contributed by atoms with Gasteiger partial charge < -0.3 is 9.73 Å². The lowest BCUT2D eigenvalue weighted by molar-refractivity contribution is 0.0540. The Kier molecular flexibility index (Phi) is 3.88. The van der Waals surface area contributed by atoms with Crippen molar-refractivity contribution in [3.63, 3.8) is 0 Å². The summed E-state index contributed by atoms with van der Waals surface area (Å²) < 4.78 is 31.0. The number of aromatic nitrogens is 2. The second-order valence-electron chi connectivity index (χ2n) is 5.31. The van der Waals surface area contributed by atoms with Gasteiger partial charge in [0.25, 0.3) is 5.91 Å². The first-order valence-electron chi connectivity index (χ1n) is 7.05. The van der Waals surface area contributed by atoms with E-state index in [2.05, 4.69) is 10.4 Å². The maximum Gasteiger partial charge on any atom is 0.336 e. The first kappa shape index (κ1) is 15.9. The highest BCUT2D eigenvalue weighted by atomic mass is 19.3. The SMILES string of the molecule is Cc1cc(=O)oc2cc(NC(=O)c3cc(C)n(C(F)F)n3)ccc12. The minimum absolute atomic E-state index is 0.126. The monoisotopic (exact) mass is 333 g/mol. The molecule has 0 fully saturated rings. The Hall–Kier alpha value is -3.03. The number of nitrogens with zero attached hydrogens (tertiary/aromatic N) is 2. The molecule has 0 radical (unpaired) electrons. The Balaban J connectivity index is 1.90. The van der Waals surface area contributed by atoms with Crippen LogP contribution in [0.2, 0.25) is 0 Å². The molecule has 6 nitrogen and oxygen atoms in total. The number of fused-ring (bicyclic) bond motifs is 1. The van der Waals surface area contributed by atoms with Gasteiger partial charge in [0, 0.05) is 28.9 Å². The van der Waals surface area contributed by atoms with Gasteiger partial charge in [0.1, 0.15) is 5.58 Å². The van der Waals surface area contributed by atoms with E-state index in [0.717, 1.165) is 10.9 Å². The van der Waals surface area contributed by atoms with Crippen LogP contribution in [0, 0.1) is 13.8 Å². The highest BCUT2D eigenvalue weighted by Crippen LogP contribution is 2.21. The average Bonchev–Trinajstić information content (AvgIpc) is 2.89. The molecule has 0 atom stereocenters. The van der Waals surface area contributed by atoms with Crippen LogP contribution in [-0.2, 0) is 0 Å². The average molecular weight is 333 g/mol. The van der Waals surface area contributed by atoms with Crippen molar-refractivity contribution in [1.29, 1.82) is 0 Å². The molecule has 1 amide bonds. The number of aryl methyl sites for hydroxylation is 2. The van der Waals surface area contributed by atoms with Crippen molar-refractivity contribution >= 4 is 22.6 Å². The van der Waals surface area contributed by atoms with E-state index in [1.807, 2.05) is 0 Å². The molecule has 0 bridgehead atoms. The molecule has 0 spiro atoms. The Morgan fingerprint density at radius 2 is 2.00 bits per heavy atom. The molecule has 8 heteroatoms. The van der Waals surface area contributed by atoms with Crippen LogP contribution in [0.1, 0.15) is 28.3 Å². The molecule has 0 saturated carbocycles. The number of rotatable bonds is 3. The fourth-order valence-electron chi connectivity index (χ4n) is 2.39. The minimum atomic E-state index is -2.82. The maximum atomic E-state index is 12.7. The first-order chi connectivity index (χ1) is 11.3. The normalized spacial score (nSPS) is 11.2. The summed E-state index contributed by atoms with van der Waals surface area (Å²) in [4.78, 5) is 23.6. The van der Waals surface area contributed by atoms with E-state index in [0.29, 0.717) is 16.0 Å². The molecule has 1 N–H and O–H groups in total. The van der Waals surface area contributed by atoms with Crippen molar-refractivity contribution in [3.05, 3.63) is 57.7 Å². The zero-order valence-electron chi connectivity index (χ0n) is 12.8. The smallest absolute Gasteiger partial charge is 0.336 e. The van der Waals surface area contributed by atoms with E-state index in [4.69, 9.17) is 4.42 Å². The summed E-state index contributed by atoms with van der Waals surface area (Å²) in [6.45, 7) is 0.394. The van der Waals surface area contributed by atoms with Crippen molar-refractivity contribution in [2.24, 2.45) is 0 Å². The van der Waals surface area contributed by atoms with Gasteiger partial charge in [0.2, 0.25) is 0 Å². The molecule has 0 aliphatic carbocycles. The number of alkyl halides is 2. The summed E-state index contributed by atoms with van der Waals surface area (Å²) in [5, 5.41) is 6.87. The van der Waals surface area contributed by atoms with Crippen LogP contribution in [0.25, 0.3) is 11.0 Å². The quantitative estimate of drug-likeness (QED) is 0.746. The number of nitrogens with one attached hydrogen (secondary N) is 1. The summed E-state index contributed by atoms with van der Waals surface area (Å²) in [5.74, 6) is -0.633. The van der Waals surface area contributed by atoms with Gasteiger partial charge in [0.05, 0.1) is 0 Å². The topological polar surface area (TPSA) is 77.1 Å². The van der Waals surface area contributed by atoms with Crippen LogP contribution in [0.4, 0.5) is 14.5 Å². The predicted molar refractivity (Wildman–Crippen MR) is 83.4 cm³/mol. The summed E-state index contributed by atoms with van der Waals surface area (Å²) >= 11 is 0. The van der Waals surface area contributed by atoms with E-state index in [1.165, 1.54) is 25.1 Å². The van der Waals surface area contributed by atoms with Crippen LogP contribution in [-0.4, -0.2) is 15.7 Å². The number of hydrogen-bond acceptors (Lipinski definition) is 4. The number of halogens is 2. The maximum absolute atomic E-state index is 12.7. The number of anilines is 1. The van der Waals surface area contributed by atoms with Gasteiger partial charge in [-0.05, 0) is 37.6 Å². The fraction of sp³-hybridized carbons (Fsp3) is 0.188. The molecule has 24 heavy (non-hydrogen) atoms. The first-order valence-corrected chi connectivity index (χ1v) is 7.05. The van der Waals surface area contributed by atoms with Crippen molar-refractivity contribution < 1.29 is 18.0 Å². The van der Waals surface area contributed by atoms with E-state index in [9.17, 15) is 18.4 Å². The Morgan fingerprint density at radius 1 is 1.25 bits per heavy atom. The molecule has 3 aromatic rings. The number of carbonyl (C=O) groups is 1. The molecule has 0 aliphatic heterocycles. The lowest BCUT2D eigenvalue weighted by Gasteiger charge is -2.05. The van der Waals surface area contributed by atoms with Gasteiger partial charge in [-0.1, -0.05) is 0 Å². The van der Waals surface area contributed by atoms with Gasteiger partial charge in [0.15, 0.2) is 5.69 Å². The lowest BCUT2D eigenvalue weighted by Crippen LogP contribution is -2.13. The summed E-state index contributed by atoms with van der Waals surface area (Å²) in [6, 6.07) is 7.47. The zero-order valence-corrected chi connectivity index (χ0v) is 12.8. The molecular weight excluding hydrogens is 320 g/mol. The van der Waals surface area contributed by atoms with Crippen LogP contribution in [0.3, 0.4) is 0 Å². The highest BCUT2D eigenvalue weighted by molar-refractivity contribution is 6.03. The van der Waals surface area contributed by atoms with E-state index >= 15 is 0 Å². The molecule has 0 unspecified atom stereocenters. The molecule has 124 valence electrons. The number of hydrogen-bond donors (Lipinski definition) is 1. The Labute approximate surface area is 134 Å². The van der Waals surface area contributed by atoms with Crippen molar-refractivity contribution in [1.82, 2.24) is 9.78 Å². The third kappa shape index (κ3) is 2.90. The van der Waals surface area contributed by atoms with Crippen LogP contribution in [0.5, 0.6) is 0 Å². The second-order valence-corrected chi connectivity index (χ2v) is 5.31. The lowest BCUT2D eigenvalue weighted by atomic mass is 10.1.